The van der Waals surface area contributed by atoms with Gasteiger partial charge in [0.1, 0.15) is 0 Å². The lowest BCUT2D eigenvalue weighted by molar-refractivity contribution is -0.128. The molecule has 0 aromatic heterocycles. The van der Waals surface area contributed by atoms with Crippen LogP contribution in [0.2, 0.25) is 0 Å². The van der Waals surface area contributed by atoms with E-state index in [1.807, 2.05) is 24.3 Å². The van der Waals surface area contributed by atoms with Crippen LogP contribution in [0.15, 0.2) is 24.3 Å². The van der Waals surface area contributed by atoms with Crippen LogP contribution in [0.5, 0.6) is 0 Å². The summed E-state index contributed by atoms with van der Waals surface area (Å²) in [6.45, 7) is 0.951. The van der Waals surface area contributed by atoms with Gasteiger partial charge in [-0.2, -0.15) is 0 Å². The predicted octanol–water partition coefficient (Wildman–Crippen LogP) is 1.31. The molecule has 2 N–H and O–H groups in total. The van der Waals surface area contributed by atoms with E-state index in [1.54, 1.807) is 23.9 Å². The molecule has 1 aliphatic rings. The minimum atomic E-state index is -0.422. The summed E-state index contributed by atoms with van der Waals surface area (Å²) in [7, 11) is 3.48. The number of hydrogen-bond donors (Lipinski definition) is 2. The molecule has 3 amide bonds. The average Bonchev–Trinajstić information content (AvgIpc) is 2.91. The van der Waals surface area contributed by atoms with Gasteiger partial charge >= 0.3 is 6.03 Å². The molecular formula is C16H23N3O3. The number of carbonyl (C=O) groups is 2. The molecule has 1 aromatic carbocycles. The van der Waals surface area contributed by atoms with Crippen LogP contribution >= 0.6 is 0 Å². The molecule has 1 heterocycles. The zero-order valence-corrected chi connectivity index (χ0v) is 13.1. The number of benzene rings is 1. The molecule has 2 rings (SSSR count). The van der Waals surface area contributed by atoms with Crippen molar-refractivity contribution in [3.63, 3.8) is 0 Å². The van der Waals surface area contributed by atoms with Crippen molar-refractivity contribution in [3.8, 4) is 0 Å². The number of carbonyl (C=O) groups excluding carboxylic acids is 2. The number of aryl methyl sites for hydroxylation is 1. The first-order chi connectivity index (χ1) is 10.5. The van der Waals surface area contributed by atoms with Crippen LogP contribution < -0.4 is 5.32 Å². The molecule has 0 radical (unpaired) electrons. The third-order valence-corrected chi connectivity index (χ3v) is 3.76. The fourth-order valence-electron chi connectivity index (χ4n) is 2.41. The van der Waals surface area contributed by atoms with Crippen LogP contribution in [-0.2, 0) is 11.2 Å². The smallest absolute Gasteiger partial charge is 0.321 e. The highest BCUT2D eigenvalue weighted by molar-refractivity contribution is 5.89. The van der Waals surface area contributed by atoms with Crippen molar-refractivity contribution < 1.29 is 14.7 Å². The van der Waals surface area contributed by atoms with Gasteiger partial charge in [-0.25, -0.2) is 4.79 Å². The minimum Gasteiger partial charge on any atom is -0.391 e. The van der Waals surface area contributed by atoms with Crippen molar-refractivity contribution in [2.75, 3.05) is 32.5 Å². The van der Waals surface area contributed by atoms with E-state index in [-0.39, 0.29) is 11.9 Å². The summed E-state index contributed by atoms with van der Waals surface area (Å²) in [5.74, 6) is 0.0838. The summed E-state index contributed by atoms with van der Waals surface area (Å²) in [6.07, 6.45) is 1.29. The number of rotatable bonds is 4. The van der Waals surface area contributed by atoms with E-state index in [4.69, 9.17) is 0 Å². The molecule has 0 aliphatic carbocycles. The van der Waals surface area contributed by atoms with Gasteiger partial charge in [-0.1, -0.05) is 12.1 Å². The van der Waals surface area contributed by atoms with Crippen molar-refractivity contribution in [2.24, 2.45) is 0 Å². The summed E-state index contributed by atoms with van der Waals surface area (Å²) in [6, 6.07) is 7.31. The second kappa shape index (κ2) is 7.26. The second-order valence-corrected chi connectivity index (χ2v) is 5.81. The largest absolute Gasteiger partial charge is 0.391 e. The van der Waals surface area contributed by atoms with Gasteiger partial charge in [-0.3, -0.25) is 4.79 Å². The van der Waals surface area contributed by atoms with Gasteiger partial charge in [-0.15, -0.1) is 0 Å². The number of nitrogens with one attached hydrogen (secondary N) is 1. The Bertz CT molecular complexity index is 545. The number of aliphatic hydroxyl groups excluding tert-OH is 1. The van der Waals surface area contributed by atoms with Gasteiger partial charge in [0.25, 0.3) is 0 Å². The van der Waals surface area contributed by atoms with Crippen LogP contribution in [-0.4, -0.2) is 60.1 Å². The lowest BCUT2D eigenvalue weighted by Gasteiger charge is -2.17. The number of amides is 3. The van der Waals surface area contributed by atoms with Gasteiger partial charge in [0, 0.05) is 39.3 Å². The molecule has 120 valence electrons. The highest BCUT2D eigenvalue weighted by Crippen LogP contribution is 2.15. The number of hydrogen-bond acceptors (Lipinski definition) is 3. The number of aliphatic hydroxyl groups is 1. The molecule has 1 saturated heterocycles. The van der Waals surface area contributed by atoms with E-state index in [0.29, 0.717) is 38.0 Å². The van der Waals surface area contributed by atoms with Crippen molar-refractivity contribution in [3.05, 3.63) is 29.8 Å². The number of anilines is 1. The lowest BCUT2D eigenvalue weighted by atomic mass is 10.1. The predicted molar refractivity (Wildman–Crippen MR) is 84.7 cm³/mol. The Morgan fingerprint density at radius 3 is 2.82 bits per heavy atom. The Kier molecular flexibility index (Phi) is 5.38. The van der Waals surface area contributed by atoms with Crippen LogP contribution in [0.3, 0.4) is 0 Å². The molecule has 1 atom stereocenters. The fourth-order valence-corrected chi connectivity index (χ4v) is 2.41. The molecule has 0 bridgehead atoms. The molecule has 6 heteroatoms. The van der Waals surface area contributed by atoms with Crippen LogP contribution in [0.25, 0.3) is 0 Å². The highest BCUT2D eigenvalue weighted by atomic mass is 16.3. The first kappa shape index (κ1) is 16.3. The van der Waals surface area contributed by atoms with Gasteiger partial charge in [0.05, 0.1) is 6.10 Å². The number of β-amino-alcohol motifs (C(OH)–C–C–N with tert-alkyl or cyclic N) is 1. The van der Waals surface area contributed by atoms with Crippen LogP contribution in [0.4, 0.5) is 10.5 Å². The van der Waals surface area contributed by atoms with Crippen molar-refractivity contribution >= 4 is 17.6 Å². The fraction of sp³-hybridized carbons (Fsp3) is 0.500. The Balaban J connectivity index is 1.91. The van der Waals surface area contributed by atoms with Crippen LogP contribution in [0.1, 0.15) is 18.4 Å². The molecule has 1 aliphatic heterocycles. The molecule has 1 fully saturated rings. The number of urea groups is 1. The molecular weight excluding hydrogens is 282 g/mol. The molecule has 0 unspecified atom stereocenters. The first-order valence-corrected chi connectivity index (χ1v) is 7.49. The lowest BCUT2D eigenvalue weighted by Crippen LogP contribution is -2.33. The minimum absolute atomic E-state index is 0.0838. The van der Waals surface area contributed by atoms with Crippen LogP contribution in [0, 0.1) is 0 Å². The zero-order valence-electron chi connectivity index (χ0n) is 13.1. The Hall–Kier alpha value is -2.08. The highest BCUT2D eigenvalue weighted by Gasteiger charge is 2.24. The SMILES string of the molecule is CN(C)C(=O)CCc1cccc(NC(=O)N2CC[C@@H](O)C2)c1. The van der Waals surface area contributed by atoms with E-state index in [0.717, 1.165) is 5.56 Å². The molecule has 0 spiro atoms. The summed E-state index contributed by atoms with van der Waals surface area (Å²) in [5.41, 5.74) is 1.72. The molecule has 6 nitrogen and oxygen atoms in total. The standard InChI is InChI=1S/C16H23N3O3/c1-18(2)15(21)7-6-12-4-3-5-13(10-12)17-16(22)19-9-8-14(20)11-19/h3-5,10,14,20H,6-9,11H2,1-2H3,(H,17,22)/t14-/m1/s1. The van der Waals surface area contributed by atoms with Gasteiger partial charge < -0.3 is 20.2 Å². The quantitative estimate of drug-likeness (QED) is 0.881. The van der Waals surface area contributed by atoms with Gasteiger partial charge in [0.15, 0.2) is 0 Å². The van der Waals surface area contributed by atoms with Gasteiger partial charge in [0.2, 0.25) is 5.91 Å². The van der Waals surface area contributed by atoms with E-state index >= 15 is 0 Å². The monoisotopic (exact) mass is 305 g/mol. The van der Waals surface area contributed by atoms with E-state index in [9.17, 15) is 14.7 Å². The third kappa shape index (κ3) is 4.46. The molecule has 22 heavy (non-hydrogen) atoms. The third-order valence-electron chi connectivity index (χ3n) is 3.76. The average molecular weight is 305 g/mol. The van der Waals surface area contributed by atoms with E-state index < -0.39 is 6.10 Å². The van der Waals surface area contributed by atoms with Gasteiger partial charge in [-0.05, 0) is 30.5 Å². The van der Waals surface area contributed by atoms with E-state index in [1.165, 1.54) is 0 Å². The molecule has 0 saturated carbocycles. The molecule has 1 aromatic rings. The normalized spacial score (nSPS) is 17.4. The second-order valence-electron chi connectivity index (χ2n) is 5.81. The van der Waals surface area contributed by atoms with E-state index in [2.05, 4.69) is 5.32 Å². The maximum absolute atomic E-state index is 12.1. The Morgan fingerprint density at radius 2 is 2.18 bits per heavy atom. The van der Waals surface area contributed by atoms with Crippen molar-refractivity contribution in [1.82, 2.24) is 9.80 Å². The Labute approximate surface area is 130 Å². The maximum atomic E-state index is 12.1. The Morgan fingerprint density at radius 1 is 1.41 bits per heavy atom. The zero-order chi connectivity index (χ0) is 16.1. The number of nitrogens with zero attached hydrogens (tertiary/aromatic N) is 2. The van der Waals surface area contributed by atoms with Crippen molar-refractivity contribution in [1.29, 1.82) is 0 Å². The maximum Gasteiger partial charge on any atom is 0.321 e. The summed E-state index contributed by atoms with van der Waals surface area (Å²) in [4.78, 5) is 26.9. The summed E-state index contributed by atoms with van der Waals surface area (Å²) in [5, 5.41) is 12.3. The number of likely N-dealkylation sites (tertiary alicyclic amines) is 1. The first-order valence-electron chi connectivity index (χ1n) is 7.49. The summed E-state index contributed by atoms with van der Waals surface area (Å²) < 4.78 is 0. The van der Waals surface area contributed by atoms with Crippen molar-refractivity contribution in [2.45, 2.75) is 25.4 Å². The summed E-state index contributed by atoms with van der Waals surface area (Å²) >= 11 is 0. The topological polar surface area (TPSA) is 72.9 Å².